The van der Waals surface area contributed by atoms with Gasteiger partial charge < -0.3 is 15.8 Å². The number of amides is 1. The standard InChI is InChI=1S/C10H20N2O2S/c1-7(6-9(11)15)12-10(13)5-4-8(2)14-3/h7-8H,4-6H2,1-3H3,(H2,11,15)(H,12,13). The molecule has 3 N–H and O–H groups in total. The van der Waals surface area contributed by atoms with Crippen LogP contribution in [0.5, 0.6) is 0 Å². The number of ether oxygens (including phenoxy) is 1. The summed E-state index contributed by atoms with van der Waals surface area (Å²) in [6.07, 6.45) is 1.85. The third-order valence-electron chi connectivity index (χ3n) is 2.10. The number of methoxy groups -OCH3 is 1. The topological polar surface area (TPSA) is 64.3 Å². The maximum atomic E-state index is 11.4. The minimum Gasteiger partial charge on any atom is -0.393 e. The van der Waals surface area contributed by atoms with E-state index < -0.39 is 0 Å². The molecule has 2 unspecified atom stereocenters. The van der Waals surface area contributed by atoms with Crippen LogP contribution < -0.4 is 11.1 Å². The van der Waals surface area contributed by atoms with E-state index in [2.05, 4.69) is 5.32 Å². The molecule has 15 heavy (non-hydrogen) atoms. The van der Waals surface area contributed by atoms with Crippen molar-refractivity contribution in [2.45, 2.75) is 45.3 Å². The molecule has 0 rings (SSSR count). The zero-order chi connectivity index (χ0) is 11.8. The zero-order valence-corrected chi connectivity index (χ0v) is 10.4. The van der Waals surface area contributed by atoms with Crippen LogP contribution in [0.25, 0.3) is 0 Å². The molecule has 0 heterocycles. The molecule has 0 radical (unpaired) electrons. The van der Waals surface area contributed by atoms with Crippen LogP contribution in [0.15, 0.2) is 0 Å². The highest BCUT2D eigenvalue weighted by atomic mass is 32.1. The van der Waals surface area contributed by atoms with Crippen LogP contribution in [0.2, 0.25) is 0 Å². The van der Waals surface area contributed by atoms with Crippen molar-refractivity contribution in [2.75, 3.05) is 7.11 Å². The molecule has 0 saturated carbocycles. The van der Waals surface area contributed by atoms with Crippen molar-refractivity contribution in [3.05, 3.63) is 0 Å². The van der Waals surface area contributed by atoms with E-state index in [9.17, 15) is 4.79 Å². The van der Waals surface area contributed by atoms with E-state index in [1.54, 1.807) is 7.11 Å². The molecule has 5 heteroatoms. The van der Waals surface area contributed by atoms with Gasteiger partial charge in [0.2, 0.25) is 5.91 Å². The van der Waals surface area contributed by atoms with Crippen LogP contribution in [0, 0.1) is 0 Å². The Morgan fingerprint density at radius 3 is 2.60 bits per heavy atom. The van der Waals surface area contributed by atoms with Crippen molar-refractivity contribution >= 4 is 23.1 Å². The molecule has 0 aromatic rings. The molecule has 0 aliphatic carbocycles. The van der Waals surface area contributed by atoms with Crippen molar-refractivity contribution in [3.8, 4) is 0 Å². The molecule has 0 saturated heterocycles. The molecule has 0 aliphatic rings. The van der Waals surface area contributed by atoms with Gasteiger partial charge >= 0.3 is 0 Å². The van der Waals surface area contributed by atoms with Gasteiger partial charge in [-0.25, -0.2) is 0 Å². The van der Waals surface area contributed by atoms with Gasteiger partial charge in [0, 0.05) is 26.0 Å². The van der Waals surface area contributed by atoms with Crippen LogP contribution in [-0.2, 0) is 9.53 Å². The Morgan fingerprint density at radius 1 is 1.53 bits per heavy atom. The van der Waals surface area contributed by atoms with Crippen LogP contribution in [0.1, 0.15) is 33.1 Å². The number of thiocarbonyl (C=S) groups is 1. The second-order valence-corrected chi connectivity index (χ2v) is 4.25. The number of hydrogen-bond acceptors (Lipinski definition) is 3. The van der Waals surface area contributed by atoms with Crippen molar-refractivity contribution in [3.63, 3.8) is 0 Å². The summed E-state index contributed by atoms with van der Waals surface area (Å²) in [5.41, 5.74) is 5.37. The molecule has 0 bridgehead atoms. The molecule has 1 amide bonds. The summed E-state index contributed by atoms with van der Waals surface area (Å²) < 4.78 is 5.05. The Hall–Kier alpha value is -0.680. The van der Waals surface area contributed by atoms with Gasteiger partial charge in [-0.15, -0.1) is 0 Å². The summed E-state index contributed by atoms with van der Waals surface area (Å²) in [7, 11) is 1.64. The molecule has 4 nitrogen and oxygen atoms in total. The van der Waals surface area contributed by atoms with Crippen LogP contribution in [0.4, 0.5) is 0 Å². The Balaban J connectivity index is 3.69. The van der Waals surface area contributed by atoms with E-state index in [1.807, 2.05) is 13.8 Å². The number of carbonyl (C=O) groups is 1. The predicted octanol–water partition coefficient (Wildman–Crippen LogP) is 0.982. The van der Waals surface area contributed by atoms with Crippen LogP contribution >= 0.6 is 12.2 Å². The van der Waals surface area contributed by atoms with E-state index in [1.165, 1.54) is 0 Å². The first-order chi connectivity index (χ1) is 6.95. The lowest BCUT2D eigenvalue weighted by molar-refractivity contribution is -0.122. The molecule has 0 aliphatic heterocycles. The third-order valence-corrected chi connectivity index (χ3v) is 2.26. The fourth-order valence-corrected chi connectivity index (χ4v) is 1.40. The lowest BCUT2D eigenvalue weighted by atomic mass is 10.2. The smallest absolute Gasteiger partial charge is 0.220 e. The maximum absolute atomic E-state index is 11.4. The molecule has 0 fully saturated rings. The van der Waals surface area contributed by atoms with Gasteiger partial charge in [0.05, 0.1) is 11.1 Å². The summed E-state index contributed by atoms with van der Waals surface area (Å²) in [5.74, 6) is 0.0163. The van der Waals surface area contributed by atoms with Gasteiger partial charge in [0.1, 0.15) is 0 Å². The van der Waals surface area contributed by atoms with Crippen LogP contribution in [0.3, 0.4) is 0 Å². The fraction of sp³-hybridized carbons (Fsp3) is 0.800. The Kier molecular flexibility index (Phi) is 7.25. The first-order valence-electron chi connectivity index (χ1n) is 5.06. The molecule has 2 atom stereocenters. The quantitative estimate of drug-likeness (QED) is 0.642. The van der Waals surface area contributed by atoms with Crippen LogP contribution in [-0.4, -0.2) is 30.2 Å². The van der Waals surface area contributed by atoms with E-state index in [0.717, 1.165) is 6.42 Å². The molecular weight excluding hydrogens is 212 g/mol. The summed E-state index contributed by atoms with van der Waals surface area (Å²) in [6, 6.07) is 0.00727. The summed E-state index contributed by atoms with van der Waals surface area (Å²) in [4.78, 5) is 11.8. The first kappa shape index (κ1) is 14.3. The van der Waals surface area contributed by atoms with E-state index >= 15 is 0 Å². The maximum Gasteiger partial charge on any atom is 0.220 e. The molecule has 0 aromatic heterocycles. The average molecular weight is 232 g/mol. The fourth-order valence-electron chi connectivity index (χ4n) is 1.15. The molecular formula is C10H20N2O2S. The monoisotopic (exact) mass is 232 g/mol. The predicted molar refractivity (Wildman–Crippen MR) is 64.7 cm³/mol. The summed E-state index contributed by atoms with van der Waals surface area (Å²) in [5, 5.41) is 2.83. The van der Waals surface area contributed by atoms with Crippen molar-refractivity contribution in [2.24, 2.45) is 5.73 Å². The largest absolute Gasteiger partial charge is 0.393 e. The van der Waals surface area contributed by atoms with E-state index in [0.29, 0.717) is 17.8 Å². The Morgan fingerprint density at radius 2 is 2.13 bits per heavy atom. The van der Waals surface area contributed by atoms with Gasteiger partial charge in [-0.2, -0.15) is 0 Å². The highest BCUT2D eigenvalue weighted by Crippen LogP contribution is 2.00. The van der Waals surface area contributed by atoms with Gasteiger partial charge in [0.25, 0.3) is 0 Å². The van der Waals surface area contributed by atoms with E-state index in [-0.39, 0.29) is 18.1 Å². The Labute approximate surface area is 96.5 Å². The number of nitrogens with one attached hydrogen (secondary N) is 1. The number of carbonyl (C=O) groups excluding carboxylic acids is 1. The van der Waals surface area contributed by atoms with Gasteiger partial charge in [-0.05, 0) is 20.3 Å². The minimum absolute atomic E-state index is 0.00727. The van der Waals surface area contributed by atoms with Gasteiger partial charge in [-0.3, -0.25) is 4.79 Å². The van der Waals surface area contributed by atoms with Crippen molar-refractivity contribution in [1.82, 2.24) is 5.32 Å². The SMILES string of the molecule is COC(C)CCC(=O)NC(C)CC(N)=S. The average Bonchev–Trinajstić information content (AvgIpc) is 2.12. The lowest BCUT2D eigenvalue weighted by Gasteiger charge is -2.14. The van der Waals surface area contributed by atoms with Crippen molar-refractivity contribution < 1.29 is 9.53 Å². The first-order valence-corrected chi connectivity index (χ1v) is 5.47. The zero-order valence-electron chi connectivity index (χ0n) is 9.58. The van der Waals surface area contributed by atoms with E-state index in [4.69, 9.17) is 22.7 Å². The Bertz CT molecular complexity index is 221. The molecule has 0 spiro atoms. The second-order valence-electron chi connectivity index (χ2n) is 3.72. The van der Waals surface area contributed by atoms with Crippen molar-refractivity contribution in [1.29, 1.82) is 0 Å². The highest BCUT2D eigenvalue weighted by Gasteiger charge is 2.09. The number of hydrogen-bond donors (Lipinski definition) is 2. The van der Waals surface area contributed by atoms with Gasteiger partial charge in [-0.1, -0.05) is 12.2 Å². The highest BCUT2D eigenvalue weighted by molar-refractivity contribution is 7.80. The third kappa shape index (κ3) is 8.32. The lowest BCUT2D eigenvalue weighted by Crippen LogP contribution is -2.35. The summed E-state index contributed by atoms with van der Waals surface area (Å²) >= 11 is 4.76. The second kappa shape index (κ2) is 7.59. The summed E-state index contributed by atoms with van der Waals surface area (Å²) in [6.45, 7) is 3.82. The normalized spacial score (nSPS) is 14.3. The minimum atomic E-state index is 0.00727. The molecule has 0 aromatic carbocycles. The number of nitrogens with two attached hydrogens (primary N) is 1. The number of rotatable bonds is 7. The van der Waals surface area contributed by atoms with Gasteiger partial charge in [0.15, 0.2) is 0 Å². The molecule has 88 valence electrons.